The molecule has 2 N–H and O–H groups in total. The SMILES string of the molecule is Cc1ncsc1-c1ccc(CNC(=O)[C@@H]2CCCN2C(=O)[C@H](C)NC(=O)CCOCCOCCOCCC(=O)N2CCN(C(c3ccccc3)c3ccccc3)CC2)cc1. The van der Waals surface area contributed by atoms with E-state index in [1.165, 1.54) is 11.1 Å². The number of thiazole rings is 1. The topological polar surface area (TPSA) is 143 Å². The van der Waals surface area contributed by atoms with Gasteiger partial charge in [-0.05, 0) is 48.9 Å². The predicted octanol–water partition coefficient (Wildman–Crippen LogP) is 4.99. The molecule has 0 radical (unpaired) electrons. The molecule has 1 aromatic heterocycles. The zero-order valence-electron chi connectivity index (χ0n) is 34.8. The Morgan fingerprint density at radius 1 is 0.767 bits per heavy atom. The highest BCUT2D eigenvalue weighted by atomic mass is 32.1. The molecule has 320 valence electrons. The van der Waals surface area contributed by atoms with Crippen molar-refractivity contribution in [2.24, 2.45) is 0 Å². The molecule has 4 aromatic rings. The molecule has 0 aliphatic carbocycles. The van der Waals surface area contributed by atoms with Crippen LogP contribution in [0, 0.1) is 6.92 Å². The second-order valence-electron chi connectivity index (χ2n) is 15.1. The Bertz CT molecular complexity index is 1920. The number of carbonyl (C=O) groups excluding carboxylic acids is 4. The summed E-state index contributed by atoms with van der Waals surface area (Å²) in [7, 11) is 0. The number of benzene rings is 3. The van der Waals surface area contributed by atoms with Crippen molar-refractivity contribution in [3.63, 3.8) is 0 Å². The fraction of sp³-hybridized carbons (Fsp3) is 0.457. The maximum Gasteiger partial charge on any atom is 0.245 e. The summed E-state index contributed by atoms with van der Waals surface area (Å²) < 4.78 is 16.8. The van der Waals surface area contributed by atoms with E-state index in [4.69, 9.17) is 14.2 Å². The first-order chi connectivity index (χ1) is 29.3. The molecule has 0 spiro atoms. The van der Waals surface area contributed by atoms with Crippen LogP contribution in [-0.4, -0.2) is 128 Å². The zero-order valence-corrected chi connectivity index (χ0v) is 35.6. The van der Waals surface area contributed by atoms with E-state index in [9.17, 15) is 19.2 Å². The van der Waals surface area contributed by atoms with Crippen molar-refractivity contribution >= 4 is 35.0 Å². The van der Waals surface area contributed by atoms with Crippen LogP contribution in [0.3, 0.4) is 0 Å². The Balaban J connectivity index is 0.774. The van der Waals surface area contributed by atoms with Crippen LogP contribution in [0.2, 0.25) is 0 Å². The first-order valence-corrected chi connectivity index (χ1v) is 21.9. The normalized spacial score (nSPS) is 16.2. The Labute approximate surface area is 357 Å². The maximum atomic E-state index is 13.3. The molecule has 13 nitrogen and oxygen atoms in total. The summed E-state index contributed by atoms with van der Waals surface area (Å²) in [6.07, 6.45) is 1.72. The van der Waals surface area contributed by atoms with Crippen molar-refractivity contribution in [2.45, 2.75) is 64.2 Å². The van der Waals surface area contributed by atoms with Crippen molar-refractivity contribution in [2.75, 3.05) is 72.4 Å². The third kappa shape index (κ3) is 12.8. The van der Waals surface area contributed by atoms with Gasteiger partial charge in [0, 0.05) is 45.7 Å². The van der Waals surface area contributed by atoms with Gasteiger partial charge in [-0.25, -0.2) is 4.98 Å². The van der Waals surface area contributed by atoms with Gasteiger partial charge in [-0.3, -0.25) is 24.1 Å². The van der Waals surface area contributed by atoms with Gasteiger partial charge in [0.2, 0.25) is 23.6 Å². The molecule has 0 unspecified atom stereocenters. The summed E-state index contributed by atoms with van der Waals surface area (Å²) >= 11 is 1.60. The summed E-state index contributed by atoms with van der Waals surface area (Å²) in [4.78, 5) is 63.2. The van der Waals surface area contributed by atoms with Gasteiger partial charge in [-0.2, -0.15) is 0 Å². The number of hydrogen-bond donors (Lipinski definition) is 2. The number of hydrogen-bond acceptors (Lipinski definition) is 10. The number of rotatable bonds is 21. The Morgan fingerprint density at radius 3 is 1.97 bits per heavy atom. The molecule has 2 aliphatic heterocycles. The van der Waals surface area contributed by atoms with Gasteiger partial charge in [0.05, 0.1) is 68.2 Å². The monoisotopic (exact) mass is 838 g/mol. The average molecular weight is 839 g/mol. The van der Waals surface area contributed by atoms with E-state index < -0.39 is 12.1 Å². The zero-order chi connectivity index (χ0) is 42.1. The van der Waals surface area contributed by atoms with Crippen LogP contribution in [0.5, 0.6) is 0 Å². The lowest BCUT2D eigenvalue weighted by molar-refractivity contribution is -0.141. The minimum absolute atomic E-state index is 0.0930. The van der Waals surface area contributed by atoms with E-state index in [1.807, 2.05) is 53.7 Å². The first kappa shape index (κ1) is 44.6. The molecule has 3 aromatic carbocycles. The number of ether oxygens (including phenoxy) is 3. The number of aromatic nitrogens is 1. The number of amides is 4. The fourth-order valence-electron chi connectivity index (χ4n) is 7.73. The summed E-state index contributed by atoms with van der Waals surface area (Å²) in [5.74, 6) is -0.679. The number of likely N-dealkylation sites (tertiary alicyclic amines) is 1. The van der Waals surface area contributed by atoms with Gasteiger partial charge in [-0.15, -0.1) is 11.3 Å². The van der Waals surface area contributed by atoms with E-state index in [-0.39, 0.29) is 42.7 Å². The lowest BCUT2D eigenvalue weighted by Gasteiger charge is -2.39. The molecule has 2 aliphatic rings. The Kier molecular flexibility index (Phi) is 17.2. The van der Waals surface area contributed by atoms with E-state index >= 15 is 0 Å². The molecule has 2 fully saturated rings. The summed E-state index contributed by atoms with van der Waals surface area (Å²) in [5, 5.41) is 5.73. The number of piperazine rings is 1. The maximum absolute atomic E-state index is 13.3. The molecule has 0 bridgehead atoms. The highest BCUT2D eigenvalue weighted by Crippen LogP contribution is 2.30. The number of nitrogens with zero attached hydrogens (tertiary/aromatic N) is 4. The van der Waals surface area contributed by atoms with Gasteiger partial charge in [0.1, 0.15) is 12.1 Å². The van der Waals surface area contributed by atoms with Crippen LogP contribution in [0.4, 0.5) is 0 Å². The average Bonchev–Trinajstić information content (AvgIpc) is 3.95. The van der Waals surface area contributed by atoms with Crippen LogP contribution in [0.15, 0.2) is 90.4 Å². The Hall–Kier alpha value is -4.99. The van der Waals surface area contributed by atoms with Gasteiger partial charge in [0.25, 0.3) is 0 Å². The van der Waals surface area contributed by atoms with E-state index in [1.54, 1.807) is 23.2 Å². The van der Waals surface area contributed by atoms with Crippen LogP contribution in [0.25, 0.3) is 10.4 Å². The van der Waals surface area contributed by atoms with Gasteiger partial charge >= 0.3 is 0 Å². The van der Waals surface area contributed by atoms with Crippen LogP contribution < -0.4 is 10.6 Å². The number of nitrogens with one attached hydrogen (secondary N) is 2. The van der Waals surface area contributed by atoms with Crippen molar-refractivity contribution < 1.29 is 33.4 Å². The Morgan fingerprint density at radius 2 is 1.37 bits per heavy atom. The third-order valence-corrected chi connectivity index (χ3v) is 11.9. The molecular formula is C46H58N6O7S. The van der Waals surface area contributed by atoms with E-state index in [0.717, 1.165) is 41.2 Å². The summed E-state index contributed by atoms with van der Waals surface area (Å²) in [6, 6.07) is 27.9. The quantitative estimate of drug-likeness (QED) is 0.111. The second kappa shape index (κ2) is 23.1. The highest BCUT2D eigenvalue weighted by Gasteiger charge is 2.36. The van der Waals surface area contributed by atoms with Crippen LogP contribution in [-0.2, 0) is 39.9 Å². The van der Waals surface area contributed by atoms with Gasteiger partial charge < -0.3 is 34.6 Å². The van der Waals surface area contributed by atoms with Gasteiger partial charge in [0.15, 0.2) is 0 Å². The minimum Gasteiger partial charge on any atom is -0.379 e. The fourth-order valence-corrected chi connectivity index (χ4v) is 8.54. The molecule has 4 amide bonds. The third-order valence-electron chi connectivity index (χ3n) is 11.0. The van der Waals surface area contributed by atoms with Crippen molar-refractivity contribution in [3.8, 4) is 10.4 Å². The standard InChI is InChI=1S/C46H58N6O7S/c1-34-44(60-33-48-34)39-17-15-36(16-18-39)32-47-45(55)40-14-9-21-52(40)46(56)35(2)49-41(53)19-26-57-28-30-59-31-29-58-27-20-42(54)50-22-24-51(25-23-50)43(37-10-5-3-6-11-37)38-12-7-4-8-13-38/h3-8,10-13,15-18,33,35,40,43H,9,14,19-32H2,1-2H3,(H,47,55)(H,49,53)/t35-,40-/m0/s1. The number of carbonyl (C=O) groups is 4. The lowest BCUT2D eigenvalue weighted by Crippen LogP contribution is -2.52. The molecular weight excluding hydrogens is 781 g/mol. The molecule has 60 heavy (non-hydrogen) atoms. The van der Waals surface area contributed by atoms with Crippen LogP contribution in [0.1, 0.15) is 61.0 Å². The summed E-state index contributed by atoms with van der Waals surface area (Å²) in [6.45, 7) is 9.32. The lowest BCUT2D eigenvalue weighted by atomic mass is 9.96. The van der Waals surface area contributed by atoms with Crippen molar-refractivity contribution in [3.05, 3.63) is 113 Å². The largest absolute Gasteiger partial charge is 0.379 e. The predicted molar refractivity (Wildman–Crippen MR) is 231 cm³/mol. The smallest absolute Gasteiger partial charge is 0.245 e. The molecule has 3 heterocycles. The highest BCUT2D eigenvalue weighted by molar-refractivity contribution is 7.13. The summed E-state index contributed by atoms with van der Waals surface area (Å²) in [5.41, 5.74) is 7.38. The molecule has 14 heteroatoms. The first-order valence-electron chi connectivity index (χ1n) is 21.0. The molecule has 2 atom stereocenters. The molecule has 2 saturated heterocycles. The second-order valence-corrected chi connectivity index (χ2v) is 16.0. The van der Waals surface area contributed by atoms with Gasteiger partial charge in [-0.1, -0.05) is 84.9 Å². The van der Waals surface area contributed by atoms with Crippen LogP contribution >= 0.6 is 11.3 Å². The molecule has 6 rings (SSSR count). The number of aryl methyl sites for hydroxylation is 1. The van der Waals surface area contributed by atoms with E-state index in [0.29, 0.717) is 72.1 Å². The van der Waals surface area contributed by atoms with E-state index in [2.05, 4.69) is 69.0 Å². The molecule has 0 saturated carbocycles. The van der Waals surface area contributed by atoms with Crippen molar-refractivity contribution in [1.82, 2.24) is 30.3 Å². The van der Waals surface area contributed by atoms with Crippen molar-refractivity contribution in [1.29, 1.82) is 0 Å². The minimum atomic E-state index is -0.768.